The summed E-state index contributed by atoms with van der Waals surface area (Å²) in [6.45, 7) is 2.31. The molecule has 11 atom stereocenters. The molecule has 2 rings (SSSR count). The van der Waals surface area contributed by atoms with Gasteiger partial charge < -0.3 is 64.2 Å². The minimum atomic E-state index is -1.78. The maximum atomic E-state index is 13.0. The Kier molecular flexibility index (Phi) is 34.9. The quantitative estimate of drug-likeness (QED) is 0.0152. The summed E-state index contributed by atoms with van der Waals surface area (Å²) in [6, 6.07) is 0. The minimum absolute atomic E-state index is 0.0775. The van der Waals surface area contributed by atoms with Crippen molar-refractivity contribution < 1.29 is 73.8 Å². The Bertz CT molecular complexity index is 1550. The predicted octanol–water partition coefficient (Wildman–Crippen LogP) is 6.59. The van der Waals surface area contributed by atoms with E-state index in [2.05, 4.69) is 62.5 Å². The number of aliphatic hydroxyl groups excluding tert-OH is 7. The lowest BCUT2D eigenvalue weighted by atomic mass is 9.98. The highest BCUT2D eigenvalue weighted by molar-refractivity contribution is 5.70. The van der Waals surface area contributed by atoms with Gasteiger partial charge in [0.05, 0.1) is 19.8 Å². The number of unbranched alkanes of at least 4 members (excludes halogenated alkanes) is 9. The molecular formula is C53H84O15. The van der Waals surface area contributed by atoms with Gasteiger partial charge in [-0.05, 0) is 70.6 Å². The van der Waals surface area contributed by atoms with Crippen LogP contribution in [0.1, 0.15) is 129 Å². The second-order valence-corrected chi connectivity index (χ2v) is 17.0. The Morgan fingerprint density at radius 2 is 1.00 bits per heavy atom. The summed E-state index contributed by atoms with van der Waals surface area (Å²) in [5.74, 6) is -1.03. The number of aliphatic hydroxyl groups is 7. The van der Waals surface area contributed by atoms with Crippen LogP contribution in [0.25, 0.3) is 0 Å². The van der Waals surface area contributed by atoms with E-state index in [1.165, 1.54) is 19.3 Å². The second-order valence-electron chi connectivity index (χ2n) is 17.0. The van der Waals surface area contributed by atoms with Gasteiger partial charge in [0.15, 0.2) is 18.7 Å². The normalized spacial score (nSPS) is 26.6. The van der Waals surface area contributed by atoms with E-state index >= 15 is 0 Å². The molecule has 2 heterocycles. The molecule has 0 aromatic carbocycles. The number of hydrogen-bond donors (Lipinski definition) is 7. The highest BCUT2D eigenvalue weighted by Gasteiger charge is 2.47. The Morgan fingerprint density at radius 1 is 0.500 bits per heavy atom. The van der Waals surface area contributed by atoms with Gasteiger partial charge in [0.1, 0.15) is 55.4 Å². The molecule has 2 fully saturated rings. The van der Waals surface area contributed by atoms with Crippen LogP contribution in [0, 0.1) is 0 Å². The predicted molar refractivity (Wildman–Crippen MR) is 261 cm³/mol. The summed E-state index contributed by atoms with van der Waals surface area (Å²) in [6.07, 6.45) is 31.5. The molecule has 68 heavy (non-hydrogen) atoms. The first-order valence-corrected chi connectivity index (χ1v) is 24.9. The zero-order chi connectivity index (χ0) is 49.6. The van der Waals surface area contributed by atoms with Crippen molar-refractivity contribution in [3.05, 3.63) is 97.2 Å². The Balaban J connectivity index is 1.87. The average Bonchev–Trinajstić information content (AvgIpc) is 3.33. The van der Waals surface area contributed by atoms with Crippen LogP contribution in [0.4, 0.5) is 0 Å². The number of carbonyl (C=O) groups excluding carboxylic acids is 2. The minimum Gasteiger partial charge on any atom is -0.462 e. The molecule has 0 amide bonds. The van der Waals surface area contributed by atoms with Crippen LogP contribution in [0.2, 0.25) is 0 Å². The zero-order valence-electron chi connectivity index (χ0n) is 40.5. The lowest BCUT2D eigenvalue weighted by molar-refractivity contribution is -0.332. The molecule has 2 aliphatic rings. The first kappa shape index (κ1) is 60.5. The number of allylic oxidation sites excluding steroid dienone is 16. The molecular weight excluding hydrogens is 877 g/mol. The zero-order valence-corrected chi connectivity index (χ0v) is 40.5. The molecule has 4 unspecified atom stereocenters. The van der Waals surface area contributed by atoms with Gasteiger partial charge in [0.25, 0.3) is 0 Å². The highest BCUT2D eigenvalue weighted by Crippen LogP contribution is 2.26. The molecule has 0 aromatic heterocycles. The molecule has 2 saturated heterocycles. The van der Waals surface area contributed by atoms with Crippen LogP contribution in [-0.2, 0) is 38.0 Å². The van der Waals surface area contributed by atoms with Gasteiger partial charge in [-0.15, -0.1) is 0 Å². The first-order chi connectivity index (χ1) is 33.0. The molecule has 0 spiro atoms. The SMILES string of the molecule is CC/C=C/C=C/C=C/C=C/CCCCCCCC(=O)OC[C@H](CO[C@H]1O[C@@H](CO[C@H]2O[C@@H](CO)[C@@H](O)C(O)C2O)[C@@H](O)C(O)C1O)OC(=O)CCC/C=C/C/C=C/C/C=C/C/C=C/CCCCC. The maximum Gasteiger partial charge on any atom is 0.306 e. The fourth-order valence-corrected chi connectivity index (χ4v) is 7.04. The van der Waals surface area contributed by atoms with Crippen molar-refractivity contribution >= 4 is 11.9 Å². The number of carbonyl (C=O) groups is 2. The third-order valence-corrected chi connectivity index (χ3v) is 11.1. The average molecular weight is 961 g/mol. The molecule has 0 aromatic rings. The van der Waals surface area contributed by atoms with Crippen LogP contribution in [0.15, 0.2) is 97.2 Å². The fraction of sp³-hybridized carbons (Fsp3) is 0.660. The van der Waals surface area contributed by atoms with Crippen molar-refractivity contribution in [1.82, 2.24) is 0 Å². The number of rotatable bonds is 36. The van der Waals surface area contributed by atoms with Gasteiger partial charge in [-0.2, -0.15) is 0 Å². The number of hydrogen-bond acceptors (Lipinski definition) is 15. The lowest BCUT2D eigenvalue weighted by Crippen LogP contribution is -2.61. The highest BCUT2D eigenvalue weighted by atomic mass is 16.7. The summed E-state index contributed by atoms with van der Waals surface area (Å²) in [4.78, 5) is 25.7. The summed E-state index contributed by atoms with van der Waals surface area (Å²) in [5.41, 5.74) is 0. The van der Waals surface area contributed by atoms with E-state index < -0.39 is 99.3 Å². The summed E-state index contributed by atoms with van der Waals surface area (Å²) in [5, 5.41) is 72.0. The van der Waals surface area contributed by atoms with Gasteiger partial charge in [-0.3, -0.25) is 9.59 Å². The van der Waals surface area contributed by atoms with E-state index in [1.807, 2.05) is 48.6 Å². The standard InChI is InChI=1S/C53H84O15/c1-3-5-7-9-11-13-15-17-19-20-22-24-26-28-30-32-34-36-45(56)66-41(38-63-44(55)35-33-31-29-27-25-23-21-18-16-14-12-10-8-6-4-2)39-64-52-51(62)49(60)47(58)43(68-52)40-65-53-50(61)48(59)46(57)42(37-54)67-53/h6,8,10-14,16-19,21-22,24,28,30,41-43,46-54,57-62H,3-5,7,9,15,20,23,25-27,29,31-40H2,1-2H3/b8-6+,12-10+,13-11+,16-14+,19-17+,21-18+,24-22+,30-28+/t41-,42+,43+,46-,47-,48?,49?,50?,51?,52+,53+/m1/s1. The molecule has 15 nitrogen and oxygen atoms in total. The van der Waals surface area contributed by atoms with Gasteiger partial charge in [0.2, 0.25) is 0 Å². The van der Waals surface area contributed by atoms with E-state index in [9.17, 15) is 45.3 Å². The molecule has 386 valence electrons. The Hall–Kier alpha value is -3.58. The van der Waals surface area contributed by atoms with Crippen LogP contribution in [0.3, 0.4) is 0 Å². The fourth-order valence-electron chi connectivity index (χ4n) is 7.04. The van der Waals surface area contributed by atoms with Crippen molar-refractivity contribution in [2.45, 2.75) is 197 Å². The smallest absolute Gasteiger partial charge is 0.306 e. The lowest BCUT2D eigenvalue weighted by Gasteiger charge is -2.42. The Labute approximate surface area is 405 Å². The first-order valence-electron chi connectivity index (χ1n) is 24.9. The van der Waals surface area contributed by atoms with Crippen LogP contribution in [0.5, 0.6) is 0 Å². The molecule has 0 aliphatic carbocycles. The van der Waals surface area contributed by atoms with E-state index in [1.54, 1.807) is 0 Å². The molecule has 0 saturated carbocycles. The summed E-state index contributed by atoms with van der Waals surface area (Å²) in [7, 11) is 0. The van der Waals surface area contributed by atoms with Crippen molar-refractivity contribution in [2.75, 3.05) is 26.4 Å². The molecule has 2 aliphatic heterocycles. The Morgan fingerprint density at radius 3 is 1.63 bits per heavy atom. The van der Waals surface area contributed by atoms with Gasteiger partial charge in [0, 0.05) is 12.8 Å². The molecule has 0 bridgehead atoms. The third-order valence-electron chi connectivity index (χ3n) is 11.1. The third kappa shape index (κ3) is 27.0. The van der Waals surface area contributed by atoms with Crippen molar-refractivity contribution in [1.29, 1.82) is 0 Å². The largest absolute Gasteiger partial charge is 0.462 e. The second kappa shape index (κ2) is 39.2. The van der Waals surface area contributed by atoms with Gasteiger partial charge in [-0.1, -0.05) is 143 Å². The molecule has 15 heteroatoms. The van der Waals surface area contributed by atoms with Crippen LogP contribution in [-0.4, -0.2) is 142 Å². The van der Waals surface area contributed by atoms with E-state index in [-0.39, 0.29) is 19.4 Å². The van der Waals surface area contributed by atoms with E-state index in [4.69, 9.17) is 28.4 Å². The van der Waals surface area contributed by atoms with Crippen LogP contribution >= 0.6 is 0 Å². The number of esters is 2. The van der Waals surface area contributed by atoms with E-state index in [0.29, 0.717) is 19.3 Å². The van der Waals surface area contributed by atoms with Crippen molar-refractivity contribution in [3.63, 3.8) is 0 Å². The molecule has 0 radical (unpaired) electrons. The van der Waals surface area contributed by atoms with E-state index in [0.717, 1.165) is 64.2 Å². The van der Waals surface area contributed by atoms with Crippen LogP contribution < -0.4 is 0 Å². The summed E-state index contributed by atoms with van der Waals surface area (Å²) >= 11 is 0. The van der Waals surface area contributed by atoms with Gasteiger partial charge >= 0.3 is 11.9 Å². The number of ether oxygens (including phenoxy) is 6. The van der Waals surface area contributed by atoms with Gasteiger partial charge in [-0.25, -0.2) is 0 Å². The topological polar surface area (TPSA) is 231 Å². The van der Waals surface area contributed by atoms with Crippen molar-refractivity contribution in [2.24, 2.45) is 0 Å². The summed E-state index contributed by atoms with van der Waals surface area (Å²) < 4.78 is 33.4. The maximum absolute atomic E-state index is 13.0. The monoisotopic (exact) mass is 961 g/mol. The van der Waals surface area contributed by atoms with Crippen molar-refractivity contribution in [3.8, 4) is 0 Å². The molecule has 7 N–H and O–H groups in total.